The van der Waals surface area contributed by atoms with Crippen LogP contribution in [-0.4, -0.2) is 11.7 Å². The molecule has 0 amide bonds. The smallest absolute Gasteiger partial charge is 0.129 e. The molecule has 0 heterocycles. The number of ether oxygens (including phenoxy) is 1. The summed E-state index contributed by atoms with van der Waals surface area (Å²) in [6.45, 7) is 1.48. The Labute approximate surface area is 110 Å². The lowest BCUT2D eigenvalue weighted by Gasteiger charge is -2.24. The molecule has 0 saturated carbocycles. The average molecular weight is 264 g/mol. The van der Waals surface area contributed by atoms with E-state index >= 15 is 0 Å². The fourth-order valence-electron chi connectivity index (χ4n) is 1.72. The van der Waals surface area contributed by atoms with E-state index in [0.29, 0.717) is 5.56 Å². The summed E-state index contributed by atoms with van der Waals surface area (Å²) in [5.74, 6) is -1.38. The second-order valence-corrected chi connectivity index (χ2v) is 4.53. The zero-order chi connectivity index (χ0) is 13.9. The van der Waals surface area contributed by atoms with Gasteiger partial charge in [0.2, 0.25) is 0 Å². The number of aliphatic hydroxyl groups is 1. The van der Waals surface area contributed by atoms with Crippen molar-refractivity contribution in [2.75, 3.05) is 6.61 Å². The van der Waals surface area contributed by atoms with Crippen LogP contribution in [0.2, 0.25) is 0 Å². The van der Waals surface area contributed by atoms with Gasteiger partial charge in [0.05, 0.1) is 0 Å². The third-order valence-corrected chi connectivity index (χ3v) is 2.75. The van der Waals surface area contributed by atoms with Gasteiger partial charge in [-0.15, -0.1) is 0 Å². The van der Waals surface area contributed by atoms with Crippen molar-refractivity contribution in [2.24, 2.45) is 0 Å². The Hall–Kier alpha value is -1.94. The van der Waals surface area contributed by atoms with Gasteiger partial charge in [-0.05, 0) is 12.5 Å². The quantitative estimate of drug-likeness (QED) is 0.918. The maximum absolute atomic E-state index is 13.0. The van der Waals surface area contributed by atoms with Gasteiger partial charge in [-0.25, -0.2) is 8.78 Å². The van der Waals surface area contributed by atoms with Crippen LogP contribution in [0.3, 0.4) is 0 Å². The molecule has 100 valence electrons. The lowest BCUT2D eigenvalue weighted by molar-refractivity contribution is 0.00739. The summed E-state index contributed by atoms with van der Waals surface area (Å²) < 4.78 is 31.2. The predicted molar refractivity (Wildman–Crippen MR) is 67.9 cm³/mol. The van der Waals surface area contributed by atoms with Crippen LogP contribution in [0, 0.1) is 11.6 Å². The van der Waals surface area contributed by atoms with E-state index < -0.39 is 17.2 Å². The molecule has 0 saturated heterocycles. The van der Waals surface area contributed by atoms with Crippen molar-refractivity contribution in [3.05, 3.63) is 65.7 Å². The maximum Gasteiger partial charge on any atom is 0.129 e. The zero-order valence-electron chi connectivity index (χ0n) is 10.4. The summed E-state index contributed by atoms with van der Waals surface area (Å²) in [4.78, 5) is 0. The first-order valence-corrected chi connectivity index (χ1v) is 5.84. The first-order chi connectivity index (χ1) is 8.97. The summed E-state index contributed by atoms with van der Waals surface area (Å²) in [7, 11) is 0. The minimum Gasteiger partial charge on any atom is -0.490 e. The van der Waals surface area contributed by atoms with Gasteiger partial charge in [0.15, 0.2) is 0 Å². The normalized spacial score (nSPS) is 13.9. The maximum atomic E-state index is 13.0. The van der Waals surface area contributed by atoms with Crippen LogP contribution in [0.25, 0.3) is 0 Å². The van der Waals surface area contributed by atoms with Crippen LogP contribution in [0.4, 0.5) is 8.78 Å². The van der Waals surface area contributed by atoms with E-state index in [1.54, 1.807) is 31.2 Å². The van der Waals surface area contributed by atoms with Gasteiger partial charge in [0.1, 0.15) is 29.6 Å². The summed E-state index contributed by atoms with van der Waals surface area (Å²) >= 11 is 0. The van der Waals surface area contributed by atoms with Crippen LogP contribution in [0.1, 0.15) is 12.5 Å². The molecule has 0 aromatic heterocycles. The molecule has 19 heavy (non-hydrogen) atoms. The van der Waals surface area contributed by atoms with Crippen molar-refractivity contribution < 1.29 is 18.6 Å². The molecule has 0 spiro atoms. The third-order valence-electron chi connectivity index (χ3n) is 2.75. The topological polar surface area (TPSA) is 29.5 Å². The highest BCUT2D eigenvalue weighted by Crippen LogP contribution is 2.23. The van der Waals surface area contributed by atoms with Crippen molar-refractivity contribution in [1.82, 2.24) is 0 Å². The van der Waals surface area contributed by atoms with Gasteiger partial charge in [0.25, 0.3) is 0 Å². The Balaban J connectivity index is 2.09. The number of benzene rings is 2. The zero-order valence-corrected chi connectivity index (χ0v) is 10.4. The standard InChI is InChI=1S/C15H14F2O2/c1-15(18,11-5-3-2-4-6-11)10-19-14-8-12(16)7-13(17)9-14/h2-9,18H,10H2,1H3. The third kappa shape index (κ3) is 3.51. The van der Waals surface area contributed by atoms with Crippen molar-refractivity contribution >= 4 is 0 Å². The molecule has 1 unspecified atom stereocenters. The van der Waals surface area contributed by atoms with E-state index in [1.807, 2.05) is 6.07 Å². The molecule has 0 bridgehead atoms. The van der Waals surface area contributed by atoms with E-state index in [2.05, 4.69) is 0 Å². The lowest BCUT2D eigenvalue weighted by atomic mass is 9.97. The molecular weight excluding hydrogens is 250 g/mol. The molecular formula is C15H14F2O2. The second kappa shape index (κ2) is 5.36. The lowest BCUT2D eigenvalue weighted by Crippen LogP contribution is -2.29. The van der Waals surface area contributed by atoms with Crippen LogP contribution >= 0.6 is 0 Å². The highest BCUT2D eigenvalue weighted by molar-refractivity contribution is 5.25. The second-order valence-electron chi connectivity index (χ2n) is 4.53. The first-order valence-electron chi connectivity index (χ1n) is 5.84. The van der Waals surface area contributed by atoms with E-state index in [-0.39, 0.29) is 12.4 Å². The number of hydrogen-bond donors (Lipinski definition) is 1. The van der Waals surface area contributed by atoms with Crippen molar-refractivity contribution in [1.29, 1.82) is 0 Å². The molecule has 2 aromatic rings. The minimum atomic E-state index is -1.23. The average Bonchev–Trinajstić information content (AvgIpc) is 2.37. The molecule has 0 aliphatic rings. The molecule has 0 radical (unpaired) electrons. The Morgan fingerprint density at radius 3 is 2.21 bits per heavy atom. The number of hydrogen-bond acceptors (Lipinski definition) is 2. The van der Waals surface area contributed by atoms with Gasteiger partial charge in [-0.3, -0.25) is 0 Å². The van der Waals surface area contributed by atoms with Gasteiger partial charge in [0, 0.05) is 18.2 Å². The Morgan fingerprint density at radius 1 is 1.05 bits per heavy atom. The largest absolute Gasteiger partial charge is 0.490 e. The van der Waals surface area contributed by atoms with E-state index in [1.165, 1.54) is 0 Å². The van der Waals surface area contributed by atoms with Crippen LogP contribution in [-0.2, 0) is 5.60 Å². The van der Waals surface area contributed by atoms with E-state index in [0.717, 1.165) is 18.2 Å². The summed E-state index contributed by atoms with van der Waals surface area (Å²) in [5, 5.41) is 10.3. The van der Waals surface area contributed by atoms with Crippen LogP contribution < -0.4 is 4.74 Å². The monoisotopic (exact) mass is 264 g/mol. The van der Waals surface area contributed by atoms with Crippen LogP contribution in [0.5, 0.6) is 5.75 Å². The van der Waals surface area contributed by atoms with E-state index in [9.17, 15) is 13.9 Å². The fourth-order valence-corrected chi connectivity index (χ4v) is 1.72. The molecule has 2 aromatic carbocycles. The van der Waals surface area contributed by atoms with E-state index in [4.69, 9.17) is 4.74 Å². The van der Waals surface area contributed by atoms with Crippen molar-refractivity contribution in [3.8, 4) is 5.75 Å². The van der Waals surface area contributed by atoms with Crippen molar-refractivity contribution in [3.63, 3.8) is 0 Å². The molecule has 1 N–H and O–H groups in total. The fraction of sp³-hybridized carbons (Fsp3) is 0.200. The number of halogens is 2. The molecule has 4 heteroatoms. The molecule has 0 aliphatic heterocycles. The van der Waals surface area contributed by atoms with Gasteiger partial charge in [-0.2, -0.15) is 0 Å². The van der Waals surface area contributed by atoms with Crippen LogP contribution in [0.15, 0.2) is 48.5 Å². The molecule has 1 atom stereocenters. The van der Waals surface area contributed by atoms with Gasteiger partial charge >= 0.3 is 0 Å². The summed E-state index contributed by atoms with van der Waals surface area (Å²) in [5.41, 5.74) is -0.559. The predicted octanol–water partition coefficient (Wildman–Crippen LogP) is 3.25. The molecule has 0 aliphatic carbocycles. The highest BCUT2D eigenvalue weighted by atomic mass is 19.1. The Morgan fingerprint density at radius 2 is 1.63 bits per heavy atom. The Bertz CT molecular complexity index is 533. The molecule has 0 fully saturated rings. The molecule has 2 nitrogen and oxygen atoms in total. The number of rotatable bonds is 4. The highest BCUT2D eigenvalue weighted by Gasteiger charge is 2.23. The van der Waals surface area contributed by atoms with Gasteiger partial charge in [-0.1, -0.05) is 30.3 Å². The molecule has 2 rings (SSSR count). The summed E-state index contributed by atoms with van der Waals surface area (Å²) in [6.07, 6.45) is 0. The van der Waals surface area contributed by atoms with Crippen molar-refractivity contribution in [2.45, 2.75) is 12.5 Å². The first kappa shape index (κ1) is 13.5. The Kier molecular flexibility index (Phi) is 3.81. The minimum absolute atomic E-state index is 0.0497. The SMILES string of the molecule is CC(O)(COc1cc(F)cc(F)c1)c1ccccc1. The summed E-state index contributed by atoms with van der Waals surface area (Å²) in [6, 6.07) is 11.9. The van der Waals surface area contributed by atoms with Gasteiger partial charge < -0.3 is 9.84 Å².